The molecular weight excluding hydrogens is 372 g/mol. The summed E-state index contributed by atoms with van der Waals surface area (Å²) in [6.07, 6.45) is 1.90. The highest BCUT2D eigenvalue weighted by Gasteiger charge is 2.27. The first-order chi connectivity index (χ1) is 11.5. The van der Waals surface area contributed by atoms with Crippen molar-refractivity contribution in [2.24, 2.45) is 0 Å². The number of pyridine rings is 1. The van der Waals surface area contributed by atoms with Crippen molar-refractivity contribution in [3.63, 3.8) is 0 Å². The van der Waals surface area contributed by atoms with Gasteiger partial charge in [0, 0.05) is 22.0 Å². The van der Waals surface area contributed by atoms with Gasteiger partial charge in [-0.15, -0.1) is 0 Å². The molecule has 0 aliphatic heterocycles. The minimum atomic E-state index is -0.388. The Kier molecular flexibility index (Phi) is 3.45. The summed E-state index contributed by atoms with van der Waals surface area (Å²) < 4.78 is 0.863. The number of carbonyl (C=O) groups excluding carboxylic acids is 1. The molecule has 1 aliphatic rings. The van der Waals surface area contributed by atoms with Crippen molar-refractivity contribution in [1.82, 2.24) is 15.0 Å². The largest absolute Gasteiger partial charge is 0.369 e. The van der Waals surface area contributed by atoms with Crippen LogP contribution in [-0.4, -0.2) is 20.7 Å². The Morgan fingerprint density at radius 2 is 1.96 bits per heavy atom. The molecule has 0 spiro atoms. The first kappa shape index (κ1) is 15.0. The molecule has 1 aliphatic carbocycles. The summed E-state index contributed by atoms with van der Waals surface area (Å²) >= 11 is 3.44. The second kappa shape index (κ2) is 5.52. The van der Waals surface area contributed by atoms with Crippen LogP contribution in [0.4, 0.5) is 5.95 Å². The number of H-pyrrole nitrogens is 1. The molecule has 7 heteroatoms. The number of nitrogen functional groups attached to an aromatic ring is 1. The molecular formula is C17H13BrN4O2. The molecule has 0 fully saturated rings. The van der Waals surface area contributed by atoms with Crippen molar-refractivity contribution in [3.05, 3.63) is 50.3 Å². The van der Waals surface area contributed by atoms with E-state index in [0.29, 0.717) is 35.0 Å². The van der Waals surface area contributed by atoms with Gasteiger partial charge in [0.15, 0.2) is 11.4 Å². The standard InChI is InChI=1S/C17H13BrN4O2/c18-9-4-1-3-8(7-9)12-13-10(5-2-6-11(13)23)20-15-14(12)16(24)22-17(19)21-15/h1,3-4,7H,2,5-6H2,(H3,19,20,21,22,24). The van der Waals surface area contributed by atoms with Gasteiger partial charge in [0.25, 0.3) is 5.56 Å². The zero-order valence-electron chi connectivity index (χ0n) is 12.6. The van der Waals surface area contributed by atoms with Crippen LogP contribution in [0.2, 0.25) is 0 Å². The molecule has 0 saturated heterocycles. The lowest BCUT2D eigenvalue weighted by atomic mass is 9.87. The van der Waals surface area contributed by atoms with Gasteiger partial charge < -0.3 is 5.73 Å². The highest BCUT2D eigenvalue weighted by atomic mass is 79.9. The van der Waals surface area contributed by atoms with E-state index in [0.717, 1.165) is 16.5 Å². The number of carbonyl (C=O) groups is 1. The predicted octanol–water partition coefficient (Wildman–Crippen LogP) is 2.85. The van der Waals surface area contributed by atoms with Crippen molar-refractivity contribution in [2.75, 3.05) is 5.73 Å². The second-order valence-corrected chi connectivity index (χ2v) is 6.66. The topological polar surface area (TPSA) is 102 Å². The van der Waals surface area contributed by atoms with Crippen molar-refractivity contribution in [3.8, 4) is 11.1 Å². The Morgan fingerprint density at radius 1 is 1.12 bits per heavy atom. The van der Waals surface area contributed by atoms with Crippen molar-refractivity contribution < 1.29 is 4.79 Å². The van der Waals surface area contributed by atoms with Crippen LogP contribution in [0.5, 0.6) is 0 Å². The molecule has 6 nitrogen and oxygen atoms in total. The number of anilines is 1. The summed E-state index contributed by atoms with van der Waals surface area (Å²) in [7, 11) is 0. The third-order valence-electron chi connectivity index (χ3n) is 4.16. The first-order valence-corrected chi connectivity index (χ1v) is 8.35. The van der Waals surface area contributed by atoms with Crippen LogP contribution in [0.15, 0.2) is 33.5 Å². The van der Waals surface area contributed by atoms with Gasteiger partial charge in [-0.05, 0) is 30.5 Å². The molecule has 0 amide bonds. The molecule has 2 aromatic heterocycles. The number of benzene rings is 1. The number of hydrogen-bond acceptors (Lipinski definition) is 5. The average Bonchev–Trinajstić information content (AvgIpc) is 2.53. The Balaban J connectivity index is 2.21. The molecule has 4 rings (SSSR count). The molecule has 0 radical (unpaired) electrons. The number of rotatable bonds is 1. The zero-order chi connectivity index (χ0) is 16.8. The van der Waals surface area contributed by atoms with E-state index in [1.165, 1.54) is 0 Å². The predicted molar refractivity (Wildman–Crippen MR) is 95.0 cm³/mol. The number of aryl methyl sites for hydroxylation is 1. The average molecular weight is 385 g/mol. The summed E-state index contributed by atoms with van der Waals surface area (Å²) in [5.74, 6) is 0.0270. The van der Waals surface area contributed by atoms with Crippen molar-refractivity contribution >= 4 is 38.7 Å². The van der Waals surface area contributed by atoms with Gasteiger partial charge in [0.2, 0.25) is 5.95 Å². The fraction of sp³-hybridized carbons (Fsp3) is 0.176. The smallest absolute Gasteiger partial charge is 0.262 e. The monoisotopic (exact) mass is 384 g/mol. The third kappa shape index (κ3) is 2.32. The van der Waals surface area contributed by atoms with E-state index in [2.05, 4.69) is 30.9 Å². The first-order valence-electron chi connectivity index (χ1n) is 7.56. The zero-order valence-corrected chi connectivity index (χ0v) is 14.2. The normalized spacial score (nSPS) is 14.0. The molecule has 1 aromatic carbocycles. The van der Waals surface area contributed by atoms with E-state index in [1.807, 2.05) is 24.3 Å². The van der Waals surface area contributed by atoms with Gasteiger partial charge in [-0.3, -0.25) is 14.6 Å². The number of hydrogen-bond donors (Lipinski definition) is 2. The Bertz CT molecular complexity index is 1060. The minimum Gasteiger partial charge on any atom is -0.369 e. The number of Topliss-reactive ketones (excluding diaryl/α,β-unsaturated/α-hetero) is 1. The molecule has 0 atom stereocenters. The lowest BCUT2D eigenvalue weighted by molar-refractivity contribution is 0.0972. The van der Waals surface area contributed by atoms with E-state index < -0.39 is 0 Å². The van der Waals surface area contributed by atoms with Crippen LogP contribution in [-0.2, 0) is 6.42 Å². The van der Waals surface area contributed by atoms with E-state index in [9.17, 15) is 9.59 Å². The SMILES string of the molecule is Nc1nc2nc3c(c(-c4cccc(Br)c4)c2c(=O)[nH]1)C(=O)CCC3. The summed E-state index contributed by atoms with van der Waals surface area (Å²) in [4.78, 5) is 36.2. The number of aromatic nitrogens is 3. The van der Waals surface area contributed by atoms with E-state index in [1.54, 1.807) is 0 Å². The molecule has 0 unspecified atom stereocenters. The van der Waals surface area contributed by atoms with Crippen LogP contribution < -0.4 is 11.3 Å². The van der Waals surface area contributed by atoms with Crippen LogP contribution >= 0.6 is 15.9 Å². The number of aromatic amines is 1. The maximum Gasteiger partial charge on any atom is 0.262 e. The van der Waals surface area contributed by atoms with E-state index in [4.69, 9.17) is 5.73 Å². The lowest BCUT2D eigenvalue weighted by Gasteiger charge is -2.19. The fourth-order valence-electron chi connectivity index (χ4n) is 3.19. The van der Waals surface area contributed by atoms with Gasteiger partial charge in [-0.1, -0.05) is 28.1 Å². The lowest BCUT2D eigenvalue weighted by Crippen LogP contribution is -2.20. The Labute approximate surface area is 145 Å². The van der Waals surface area contributed by atoms with Gasteiger partial charge in [0.1, 0.15) is 0 Å². The summed E-state index contributed by atoms with van der Waals surface area (Å²) in [6.45, 7) is 0. The maximum atomic E-state index is 12.6. The summed E-state index contributed by atoms with van der Waals surface area (Å²) in [5.41, 5.74) is 8.14. The number of nitrogens with one attached hydrogen (secondary N) is 1. The maximum absolute atomic E-state index is 12.6. The van der Waals surface area contributed by atoms with Gasteiger partial charge in [-0.2, -0.15) is 4.98 Å². The quantitative estimate of drug-likeness (QED) is 0.671. The number of ketones is 1. The third-order valence-corrected chi connectivity index (χ3v) is 4.65. The fourth-order valence-corrected chi connectivity index (χ4v) is 3.59. The molecule has 3 aromatic rings. The van der Waals surface area contributed by atoms with Gasteiger partial charge in [0.05, 0.1) is 11.1 Å². The number of nitrogens with zero attached hydrogens (tertiary/aromatic N) is 2. The highest BCUT2D eigenvalue weighted by Crippen LogP contribution is 2.35. The van der Waals surface area contributed by atoms with Crippen molar-refractivity contribution in [1.29, 1.82) is 0 Å². The molecule has 120 valence electrons. The number of nitrogens with two attached hydrogens (primary N) is 1. The Morgan fingerprint density at radius 3 is 2.75 bits per heavy atom. The van der Waals surface area contributed by atoms with Crippen LogP contribution in [0, 0.1) is 0 Å². The molecule has 2 heterocycles. The summed E-state index contributed by atoms with van der Waals surface area (Å²) in [5, 5.41) is 0.302. The highest BCUT2D eigenvalue weighted by molar-refractivity contribution is 9.10. The molecule has 0 saturated carbocycles. The Hall–Kier alpha value is -2.54. The van der Waals surface area contributed by atoms with Crippen LogP contribution in [0.1, 0.15) is 28.9 Å². The van der Waals surface area contributed by atoms with Crippen molar-refractivity contribution in [2.45, 2.75) is 19.3 Å². The van der Waals surface area contributed by atoms with E-state index in [-0.39, 0.29) is 22.9 Å². The molecule has 3 N–H and O–H groups in total. The summed E-state index contributed by atoms with van der Waals surface area (Å²) in [6, 6.07) is 7.51. The number of fused-ring (bicyclic) bond motifs is 2. The number of halogens is 1. The van der Waals surface area contributed by atoms with Gasteiger partial charge in [-0.25, -0.2) is 4.98 Å². The minimum absolute atomic E-state index is 0.0110. The van der Waals surface area contributed by atoms with Crippen LogP contribution in [0.25, 0.3) is 22.2 Å². The van der Waals surface area contributed by atoms with Gasteiger partial charge >= 0.3 is 0 Å². The molecule has 0 bridgehead atoms. The van der Waals surface area contributed by atoms with Crippen LogP contribution in [0.3, 0.4) is 0 Å². The molecule has 24 heavy (non-hydrogen) atoms. The second-order valence-electron chi connectivity index (χ2n) is 5.75. The van der Waals surface area contributed by atoms with E-state index >= 15 is 0 Å².